The summed E-state index contributed by atoms with van der Waals surface area (Å²) in [5.74, 6) is -1.24. The molecule has 6 rings (SSSR count). The smallest absolute Gasteiger partial charge is 0.314 e. The van der Waals surface area contributed by atoms with Crippen molar-refractivity contribution in [3.63, 3.8) is 0 Å². The lowest BCUT2D eigenvalue weighted by Gasteiger charge is -2.70. The van der Waals surface area contributed by atoms with Crippen LogP contribution in [-0.2, 0) is 19.1 Å². The molecule has 5 fully saturated rings. The highest BCUT2D eigenvalue weighted by atomic mass is 16.7. The molecule has 5 aliphatic carbocycles. The Labute approximate surface area is 272 Å². The minimum absolute atomic E-state index is 0.0692. The van der Waals surface area contributed by atoms with Gasteiger partial charge in [-0.15, -0.1) is 0 Å². The molecule has 0 radical (unpaired) electrons. The number of allylic oxidation sites excluding steroid dienone is 1. The average molecular weight is 649 g/mol. The van der Waals surface area contributed by atoms with E-state index in [0.29, 0.717) is 38.0 Å². The Morgan fingerprint density at radius 1 is 0.870 bits per heavy atom. The van der Waals surface area contributed by atoms with Gasteiger partial charge in [-0.3, -0.25) is 9.59 Å². The van der Waals surface area contributed by atoms with Gasteiger partial charge in [0.15, 0.2) is 6.29 Å². The highest BCUT2D eigenvalue weighted by Crippen LogP contribution is 2.76. The maximum atomic E-state index is 13.8. The fraction of sp³-hybridized carbons (Fsp3) is 0.889. The van der Waals surface area contributed by atoms with Crippen molar-refractivity contribution in [2.45, 2.75) is 136 Å². The fourth-order valence-corrected chi connectivity index (χ4v) is 12.6. The van der Waals surface area contributed by atoms with Crippen LogP contribution in [0.25, 0.3) is 0 Å². The van der Waals surface area contributed by atoms with Crippen LogP contribution in [0.3, 0.4) is 0 Å². The average Bonchev–Trinajstić information content (AvgIpc) is 2.99. The van der Waals surface area contributed by atoms with Gasteiger partial charge in [0.2, 0.25) is 0 Å². The quantitative estimate of drug-likeness (QED) is 0.189. The van der Waals surface area contributed by atoms with E-state index in [1.807, 2.05) is 0 Å². The number of hydrogen-bond acceptors (Lipinski definition) is 8. The molecule has 260 valence electrons. The van der Waals surface area contributed by atoms with E-state index in [1.165, 1.54) is 0 Å². The minimum atomic E-state index is -1.51. The predicted octanol–water partition coefficient (Wildman–Crippen LogP) is 3.98. The van der Waals surface area contributed by atoms with Crippen LogP contribution >= 0.6 is 0 Å². The van der Waals surface area contributed by atoms with Crippen molar-refractivity contribution in [3.8, 4) is 0 Å². The monoisotopic (exact) mass is 648 g/mol. The number of carboxylic acid groups (broad SMARTS) is 2. The van der Waals surface area contributed by atoms with Crippen molar-refractivity contribution >= 4 is 11.9 Å². The van der Waals surface area contributed by atoms with Crippen LogP contribution < -0.4 is 0 Å². The van der Waals surface area contributed by atoms with E-state index in [-0.39, 0.29) is 35.2 Å². The first-order valence-corrected chi connectivity index (χ1v) is 17.6. The molecule has 0 amide bonds. The Morgan fingerprint density at radius 2 is 1.57 bits per heavy atom. The van der Waals surface area contributed by atoms with Gasteiger partial charge in [-0.05, 0) is 104 Å². The van der Waals surface area contributed by atoms with Crippen molar-refractivity contribution in [2.24, 2.45) is 56.7 Å². The number of aliphatic hydroxyl groups is 4. The second kappa shape index (κ2) is 11.2. The molecule has 0 unspecified atom stereocenters. The SMILES string of the molecule is C[C@H]1[C@H](C)CC[C@]2(C(=O)O)CC[C@]3(C(=O)O)C(=CC[C@H]4[C@@]5(C)CC[C@@H](O[C@H]6O[C@H](CO)[C@H](O)[C@H](O)[C@H]6O)C(C)(C)[C@H]5CC[C@]43C)[C@@H]12. The van der Waals surface area contributed by atoms with Crippen LogP contribution in [0.4, 0.5) is 0 Å². The Kier molecular flexibility index (Phi) is 8.38. The minimum Gasteiger partial charge on any atom is -0.481 e. The molecule has 0 spiro atoms. The zero-order valence-electron chi connectivity index (χ0n) is 28.3. The van der Waals surface area contributed by atoms with E-state index in [1.54, 1.807) is 0 Å². The summed E-state index contributed by atoms with van der Waals surface area (Å²) in [5.41, 5.74) is -2.32. The van der Waals surface area contributed by atoms with Crippen molar-refractivity contribution in [2.75, 3.05) is 6.61 Å². The van der Waals surface area contributed by atoms with Gasteiger partial charge in [0.05, 0.1) is 23.5 Å². The second-order valence-corrected chi connectivity index (χ2v) is 17.2. The van der Waals surface area contributed by atoms with Gasteiger partial charge in [0.25, 0.3) is 0 Å². The van der Waals surface area contributed by atoms with Crippen molar-refractivity contribution in [1.82, 2.24) is 0 Å². The topological polar surface area (TPSA) is 174 Å². The lowest BCUT2D eigenvalue weighted by Crippen LogP contribution is -2.68. The third kappa shape index (κ3) is 4.35. The summed E-state index contributed by atoms with van der Waals surface area (Å²) in [5, 5.41) is 63.0. The molecule has 4 saturated carbocycles. The van der Waals surface area contributed by atoms with Gasteiger partial charge in [-0.2, -0.15) is 0 Å². The first-order chi connectivity index (χ1) is 21.4. The molecule has 10 heteroatoms. The Bertz CT molecular complexity index is 1260. The van der Waals surface area contributed by atoms with Crippen molar-refractivity contribution in [3.05, 3.63) is 11.6 Å². The molecule has 0 aromatic heterocycles. The number of aliphatic hydroxyl groups excluding tert-OH is 4. The summed E-state index contributed by atoms with van der Waals surface area (Å²) in [6, 6.07) is 0. The first-order valence-electron chi connectivity index (χ1n) is 17.6. The lowest BCUT2D eigenvalue weighted by atomic mass is 9.33. The first kappa shape index (κ1) is 34.3. The maximum absolute atomic E-state index is 13.8. The maximum Gasteiger partial charge on any atom is 0.314 e. The molecule has 46 heavy (non-hydrogen) atoms. The summed E-state index contributed by atoms with van der Waals surface area (Å²) >= 11 is 0. The summed E-state index contributed by atoms with van der Waals surface area (Å²) in [4.78, 5) is 26.8. The molecule has 1 aliphatic heterocycles. The molecule has 0 bridgehead atoms. The van der Waals surface area contributed by atoms with Gasteiger partial charge in [0, 0.05) is 0 Å². The molecule has 10 nitrogen and oxygen atoms in total. The molecular formula is C36H56O10. The van der Waals surface area contributed by atoms with E-state index in [9.17, 15) is 40.2 Å². The number of rotatable bonds is 5. The van der Waals surface area contributed by atoms with Crippen LogP contribution in [0.5, 0.6) is 0 Å². The number of carboxylic acids is 2. The number of fused-ring (bicyclic) bond motifs is 7. The molecule has 6 N–H and O–H groups in total. The van der Waals surface area contributed by atoms with Crippen LogP contribution in [0.1, 0.15) is 99.3 Å². The summed E-state index contributed by atoms with van der Waals surface area (Å²) in [6.45, 7) is 12.6. The van der Waals surface area contributed by atoms with E-state index >= 15 is 0 Å². The molecule has 1 saturated heterocycles. The van der Waals surface area contributed by atoms with E-state index in [2.05, 4.69) is 47.6 Å². The van der Waals surface area contributed by atoms with Gasteiger partial charge in [-0.25, -0.2) is 0 Å². The molecule has 15 atom stereocenters. The van der Waals surface area contributed by atoms with Crippen molar-refractivity contribution in [1.29, 1.82) is 0 Å². The molecule has 0 aromatic carbocycles. The van der Waals surface area contributed by atoms with Crippen LogP contribution in [0, 0.1) is 56.7 Å². The van der Waals surface area contributed by atoms with Gasteiger partial charge < -0.3 is 40.1 Å². The predicted molar refractivity (Wildman–Crippen MR) is 167 cm³/mol. The van der Waals surface area contributed by atoms with E-state index in [4.69, 9.17) is 9.47 Å². The number of aliphatic carboxylic acids is 2. The van der Waals surface area contributed by atoms with Gasteiger partial charge >= 0.3 is 11.9 Å². The molecule has 6 aliphatic rings. The summed E-state index contributed by atoms with van der Waals surface area (Å²) < 4.78 is 12.1. The largest absolute Gasteiger partial charge is 0.481 e. The highest BCUT2D eigenvalue weighted by molar-refractivity contribution is 5.84. The molecule has 1 heterocycles. The van der Waals surface area contributed by atoms with Crippen molar-refractivity contribution < 1.29 is 49.7 Å². The van der Waals surface area contributed by atoms with Gasteiger partial charge in [-0.1, -0.05) is 53.2 Å². The van der Waals surface area contributed by atoms with Crippen LogP contribution in [-0.4, -0.2) is 86.0 Å². The second-order valence-electron chi connectivity index (χ2n) is 17.2. The molecule has 0 aromatic rings. The third-order valence-electron chi connectivity index (χ3n) is 15.3. The standard InChI is InChI=1S/C36H56O10/c1-18-9-14-35(30(41)42)15-16-36(31(43)44)20(25(35)19(18)2)7-8-23-33(5)12-11-24(32(3,4)22(33)10-13-34(23,36)6)46-29-28(40)27(39)26(38)21(17-37)45-29/h7,18-19,21-29,37-40H,8-17H2,1-6H3,(H,41,42)(H,43,44)/t18-,19+,21-,22-,23+,24-,25-,26+,27+,28-,29-,33+,34-,35+,36-/m1/s1. The van der Waals surface area contributed by atoms with Crippen LogP contribution in [0.15, 0.2) is 11.6 Å². The summed E-state index contributed by atoms with van der Waals surface area (Å²) in [6.07, 6.45) is 0.942. The fourth-order valence-electron chi connectivity index (χ4n) is 12.6. The number of hydrogen-bond donors (Lipinski definition) is 6. The Balaban J connectivity index is 1.34. The normalized spacial score (nSPS) is 53.1. The third-order valence-corrected chi connectivity index (χ3v) is 15.3. The van der Waals surface area contributed by atoms with E-state index < -0.39 is 70.9 Å². The number of ether oxygens (including phenoxy) is 2. The van der Waals surface area contributed by atoms with E-state index in [0.717, 1.165) is 31.3 Å². The summed E-state index contributed by atoms with van der Waals surface area (Å²) in [7, 11) is 0. The Morgan fingerprint density at radius 3 is 2.20 bits per heavy atom. The molecular weight excluding hydrogens is 592 g/mol. The lowest BCUT2D eigenvalue weighted by molar-refractivity contribution is -0.330. The zero-order chi connectivity index (χ0) is 33.8. The number of carbonyl (C=O) groups is 2. The Hall–Kier alpha value is -1.56. The zero-order valence-corrected chi connectivity index (χ0v) is 28.3. The van der Waals surface area contributed by atoms with Crippen LogP contribution in [0.2, 0.25) is 0 Å². The van der Waals surface area contributed by atoms with Gasteiger partial charge in [0.1, 0.15) is 24.4 Å². The highest BCUT2D eigenvalue weighted by Gasteiger charge is 2.73.